The van der Waals surface area contributed by atoms with Gasteiger partial charge in [0.2, 0.25) is 0 Å². The molecule has 2 nitrogen and oxygen atoms in total. The highest BCUT2D eigenvalue weighted by atomic mass is 16.1. The molecule has 0 aromatic carbocycles. The van der Waals surface area contributed by atoms with Crippen LogP contribution in [0.15, 0.2) is 0 Å². The Balaban J connectivity index is 1.79. The van der Waals surface area contributed by atoms with Crippen molar-refractivity contribution in [2.24, 2.45) is 11.7 Å². The van der Waals surface area contributed by atoms with Crippen LogP contribution in [0.1, 0.15) is 51.4 Å². The molecule has 0 bridgehead atoms. The maximum atomic E-state index is 11.7. The maximum Gasteiger partial charge on any atom is 0.152 e. The van der Waals surface area contributed by atoms with E-state index in [1.165, 1.54) is 32.1 Å². The molecule has 2 N–H and O–H groups in total. The summed E-state index contributed by atoms with van der Waals surface area (Å²) in [4.78, 5) is 11.7. The van der Waals surface area contributed by atoms with E-state index in [9.17, 15) is 4.79 Å². The van der Waals surface area contributed by atoms with E-state index in [1.54, 1.807) is 0 Å². The third-order valence-electron chi connectivity index (χ3n) is 3.54. The standard InChI is InChI=1S/C11H19NO/c12-11(6-7-11)10(13)8-9-4-2-1-3-5-9/h9H,1-8,12H2. The van der Waals surface area contributed by atoms with Crippen LogP contribution < -0.4 is 5.73 Å². The van der Waals surface area contributed by atoms with Gasteiger partial charge < -0.3 is 5.73 Å². The number of carbonyl (C=O) groups excluding carboxylic acids is 1. The van der Waals surface area contributed by atoms with Gasteiger partial charge in [0.15, 0.2) is 5.78 Å². The molecular formula is C11H19NO. The monoisotopic (exact) mass is 181 g/mol. The second-order valence-electron chi connectivity index (χ2n) is 4.79. The van der Waals surface area contributed by atoms with Crippen molar-refractivity contribution < 1.29 is 4.79 Å². The summed E-state index contributed by atoms with van der Waals surface area (Å²) in [6.45, 7) is 0. The molecule has 0 aromatic rings. The first-order valence-electron chi connectivity index (χ1n) is 5.53. The average Bonchev–Trinajstić information content (AvgIpc) is 2.87. The fourth-order valence-corrected chi connectivity index (χ4v) is 2.27. The van der Waals surface area contributed by atoms with E-state index in [-0.39, 0.29) is 5.54 Å². The summed E-state index contributed by atoms with van der Waals surface area (Å²) in [7, 11) is 0. The molecule has 0 aromatic heterocycles. The molecule has 2 fully saturated rings. The molecule has 2 aliphatic carbocycles. The Morgan fingerprint density at radius 3 is 2.38 bits per heavy atom. The maximum absolute atomic E-state index is 11.7. The summed E-state index contributed by atoms with van der Waals surface area (Å²) in [5.41, 5.74) is 5.48. The molecule has 13 heavy (non-hydrogen) atoms. The minimum absolute atomic E-state index is 0.333. The van der Waals surface area contributed by atoms with Crippen LogP contribution in [0.3, 0.4) is 0 Å². The molecule has 0 radical (unpaired) electrons. The highest BCUT2D eigenvalue weighted by Gasteiger charge is 2.45. The Morgan fingerprint density at radius 1 is 1.23 bits per heavy atom. The predicted molar refractivity (Wildman–Crippen MR) is 52.4 cm³/mol. The van der Waals surface area contributed by atoms with Crippen LogP contribution in [0.4, 0.5) is 0 Å². The van der Waals surface area contributed by atoms with Gasteiger partial charge in [0, 0.05) is 6.42 Å². The molecule has 0 spiro atoms. The lowest BCUT2D eigenvalue weighted by Crippen LogP contribution is -2.34. The van der Waals surface area contributed by atoms with Crippen LogP contribution >= 0.6 is 0 Å². The molecule has 0 atom stereocenters. The summed E-state index contributed by atoms with van der Waals surface area (Å²) in [5, 5.41) is 0. The number of nitrogens with two attached hydrogens (primary N) is 1. The Kier molecular flexibility index (Phi) is 2.41. The van der Waals surface area contributed by atoms with Crippen molar-refractivity contribution in [3.05, 3.63) is 0 Å². The number of carbonyl (C=O) groups is 1. The van der Waals surface area contributed by atoms with E-state index in [2.05, 4.69) is 0 Å². The lowest BCUT2D eigenvalue weighted by Gasteiger charge is -2.21. The fourth-order valence-electron chi connectivity index (χ4n) is 2.27. The molecule has 2 rings (SSSR count). The SMILES string of the molecule is NC1(C(=O)CC2CCCCC2)CC1. The minimum atomic E-state index is -0.378. The van der Waals surface area contributed by atoms with Crippen molar-refractivity contribution in [1.29, 1.82) is 0 Å². The van der Waals surface area contributed by atoms with E-state index in [0.717, 1.165) is 19.3 Å². The van der Waals surface area contributed by atoms with Gasteiger partial charge in [-0.2, -0.15) is 0 Å². The summed E-state index contributed by atoms with van der Waals surface area (Å²) in [6.07, 6.45) is 9.11. The normalized spacial score (nSPS) is 27.2. The van der Waals surface area contributed by atoms with E-state index in [4.69, 9.17) is 5.73 Å². The van der Waals surface area contributed by atoms with Crippen LogP contribution in [0.25, 0.3) is 0 Å². The first kappa shape index (κ1) is 9.20. The Morgan fingerprint density at radius 2 is 1.85 bits per heavy atom. The van der Waals surface area contributed by atoms with Crippen molar-refractivity contribution in [1.82, 2.24) is 0 Å². The van der Waals surface area contributed by atoms with Gasteiger partial charge in [0.25, 0.3) is 0 Å². The number of ketones is 1. The summed E-state index contributed by atoms with van der Waals surface area (Å²) >= 11 is 0. The van der Waals surface area contributed by atoms with Gasteiger partial charge in [0.1, 0.15) is 0 Å². The van der Waals surface area contributed by atoms with Crippen LogP contribution in [-0.2, 0) is 4.79 Å². The van der Waals surface area contributed by atoms with Crippen LogP contribution in [-0.4, -0.2) is 11.3 Å². The van der Waals surface area contributed by atoms with Crippen molar-refractivity contribution in [3.63, 3.8) is 0 Å². The fraction of sp³-hybridized carbons (Fsp3) is 0.909. The van der Waals surface area contributed by atoms with E-state index < -0.39 is 0 Å². The quantitative estimate of drug-likeness (QED) is 0.723. The zero-order valence-corrected chi connectivity index (χ0v) is 8.22. The Labute approximate surface area is 79.9 Å². The predicted octanol–water partition coefficient (Wildman–Crippen LogP) is 2.02. The molecule has 0 amide bonds. The van der Waals surface area contributed by atoms with Crippen molar-refractivity contribution in [2.75, 3.05) is 0 Å². The molecule has 0 aliphatic heterocycles. The molecule has 2 aliphatic rings. The van der Waals surface area contributed by atoms with Gasteiger partial charge >= 0.3 is 0 Å². The average molecular weight is 181 g/mol. The third kappa shape index (κ3) is 2.11. The first-order chi connectivity index (χ1) is 6.21. The first-order valence-corrected chi connectivity index (χ1v) is 5.53. The number of Topliss-reactive ketones (excluding diaryl/α,β-unsaturated/α-hetero) is 1. The van der Waals surface area contributed by atoms with Gasteiger partial charge in [-0.15, -0.1) is 0 Å². The van der Waals surface area contributed by atoms with Crippen molar-refractivity contribution in [3.8, 4) is 0 Å². The molecular weight excluding hydrogens is 162 g/mol. The lowest BCUT2D eigenvalue weighted by atomic mass is 9.84. The smallest absolute Gasteiger partial charge is 0.152 e. The Hall–Kier alpha value is -0.370. The van der Waals surface area contributed by atoms with Crippen LogP contribution in [0.5, 0.6) is 0 Å². The summed E-state index contributed by atoms with van der Waals surface area (Å²) in [5.74, 6) is 0.988. The lowest BCUT2D eigenvalue weighted by molar-refractivity contribution is -0.122. The zero-order chi connectivity index (χ0) is 9.31. The number of hydrogen-bond donors (Lipinski definition) is 1. The largest absolute Gasteiger partial charge is 0.319 e. The highest BCUT2D eigenvalue weighted by molar-refractivity contribution is 5.91. The molecule has 0 saturated heterocycles. The van der Waals surface area contributed by atoms with E-state index >= 15 is 0 Å². The zero-order valence-electron chi connectivity index (χ0n) is 8.22. The van der Waals surface area contributed by atoms with Gasteiger partial charge in [-0.1, -0.05) is 32.1 Å². The topological polar surface area (TPSA) is 43.1 Å². The number of rotatable bonds is 3. The van der Waals surface area contributed by atoms with Crippen molar-refractivity contribution in [2.45, 2.75) is 56.9 Å². The van der Waals surface area contributed by atoms with Gasteiger partial charge in [-0.3, -0.25) is 4.79 Å². The van der Waals surface area contributed by atoms with Gasteiger partial charge in [-0.25, -0.2) is 0 Å². The second kappa shape index (κ2) is 3.41. The van der Waals surface area contributed by atoms with E-state index in [1.807, 2.05) is 0 Å². The molecule has 2 saturated carbocycles. The summed E-state index contributed by atoms with van der Waals surface area (Å²) in [6, 6.07) is 0. The second-order valence-corrected chi connectivity index (χ2v) is 4.79. The highest BCUT2D eigenvalue weighted by Crippen LogP contribution is 2.37. The van der Waals surface area contributed by atoms with Gasteiger partial charge in [-0.05, 0) is 18.8 Å². The minimum Gasteiger partial charge on any atom is -0.319 e. The third-order valence-corrected chi connectivity index (χ3v) is 3.54. The molecule has 0 heterocycles. The van der Waals surface area contributed by atoms with Crippen molar-refractivity contribution >= 4 is 5.78 Å². The van der Waals surface area contributed by atoms with Crippen LogP contribution in [0.2, 0.25) is 0 Å². The van der Waals surface area contributed by atoms with Crippen LogP contribution in [0, 0.1) is 5.92 Å². The summed E-state index contributed by atoms with van der Waals surface area (Å²) < 4.78 is 0. The molecule has 0 unspecified atom stereocenters. The number of hydrogen-bond acceptors (Lipinski definition) is 2. The van der Waals surface area contributed by atoms with Gasteiger partial charge in [0.05, 0.1) is 5.54 Å². The van der Waals surface area contributed by atoms with E-state index in [0.29, 0.717) is 11.7 Å². The molecule has 2 heteroatoms. The Bertz CT molecular complexity index is 202. The molecule has 74 valence electrons.